The summed E-state index contributed by atoms with van der Waals surface area (Å²) in [6, 6.07) is 4.70. The molecule has 5 heteroatoms. The number of hydrazone groups is 1. The molecule has 0 radical (unpaired) electrons. The summed E-state index contributed by atoms with van der Waals surface area (Å²) in [4.78, 5) is 0. The third kappa shape index (κ3) is 2.55. The normalized spacial score (nSPS) is 10.4. The van der Waals surface area contributed by atoms with Crippen molar-refractivity contribution in [3.63, 3.8) is 0 Å². The third-order valence-electron chi connectivity index (χ3n) is 1.70. The van der Waals surface area contributed by atoms with Gasteiger partial charge in [-0.1, -0.05) is 12.1 Å². The van der Waals surface area contributed by atoms with Gasteiger partial charge < -0.3 is 5.73 Å². The van der Waals surface area contributed by atoms with Gasteiger partial charge in [0, 0.05) is 5.56 Å². The molecule has 4 nitrogen and oxygen atoms in total. The Morgan fingerprint density at radius 2 is 2.36 bits per heavy atom. The molecule has 0 fully saturated rings. The van der Waals surface area contributed by atoms with E-state index in [1.807, 2.05) is 0 Å². The van der Waals surface area contributed by atoms with E-state index in [1.54, 1.807) is 19.1 Å². The highest BCUT2D eigenvalue weighted by molar-refractivity contribution is 5.83. The number of benzene rings is 1. The molecule has 0 aliphatic heterocycles. The lowest BCUT2D eigenvalue weighted by atomic mass is 10.1. The number of nitrogens with one attached hydrogen (secondary N) is 2. The van der Waals surface area contributed by atoms with Crippen LogP contribution in [-0.4, -0.2) is 12.2 Å². The van der Waals surface area contributed by atoms with E-state index in [2.05, 4.69) is 10.5 Å². The van der Waals surface area contributed by atoms with Gasteiger partial charge in [0.15, 0.2) is 0 Å². The molecule has 0 saturated carbocycles. The molecule has 0 atom stereocenters. The molecule has 4 N–H and O–H groups in total. The summed E-state index contributed by atoms with van der Waals surface area (Å²) < 4.78 is 13.0. The van der Waals surface area contributed by atoms with Crippen LogP contribution in [0.25, 0.3) is 0 Å². The van der Waals surface area contributed by atoms with Crippen LogP contribution in [0.1, 0.15) is 11.1 Å². The van der Waals surface area contributed by atoms with Crippen molar-refractivity contribution in [1.29, 1.82) is 5.41 Å². The van der Waals surface area contributed by atoms with Crippen molar-refractivity contribution < 1.29 is 4.39 Å². The van der Waals surface area contributed by atoms with Gasteiger partial charge in [-0.3, -0.25) is 5.41 Å². The lowest BCUT2D eigenvalue weighted by Gasteiger charge is -2.00. The summed E-state index contributed by atoms with van der Waals surface area (Å²) in [6.45, 7) is 1.66. The van der Waals surface area contributed by atoms with Crippen molar-refractivity contribution in [3.05, 3.63) is 35.1 Å². The molecule has 1 aromatic rings. The predicted molar refractivity (Wildman–Crippen MR) is 53.8 cm³/mol. The van der Waals surface area contributed by atoms with Crippen molar-refractivity contribution in [3.8, 4) is 0 Å². The van der Waals surface area contributed by atoms with Crippen LogP contribution in [0.15, 0.2) is 23.3 Å². The summed E-state index contributed by atoms with van der Waals surface area (Å²) in [5.74, 6) is -0.535. The zero-order chi connectivity index (χ0) is 10.6. The van der Waals surface area contributed by atoms with E-state index in [1.165, 1.54) is 12.3 Å². The number of halogens is 1. The predicted octanol–water partition coefficient (Wildman–Crippen LogP) is 0.951. The Morgan fingerprint density at radius 1 is 1.64 bits per heavy atom. The minimum atomic E-state index is -0.281. The second kappa shape index (κ2) is 4.36. The molecule has 0 amide bonds. The Kier molecular flexibility index (Phi) is 3.17. The van der Waals surface area contributed by atoms with Gasteiger partial charge in [-0.2, -0.15) is 5.10 Å². The van der Waals surface area contributed by atoms with Gasteiger partial charge in [0.05, 0.1) is 6.21 Å². The molecule has 74 valence electrons. The molecule has 0 aliphatic carbocycles. The van der Waals surface area contributed by atoms with Crippen LogP contribution in [0, 0.1) is 18.2 Å². The van der Waals surface area contributed by atoms with Crippen molar-refractivity contribution in [1.82, 2.24) is 5.43 Å². The smallest absolute Gasteiger partial charge is 0.206 e. The maximum Gasteiger partial charge on any atom is 0.206 e. The maximum atomic E-state index is 13.0. The minimum Gasteiger partial charge on any atom is -0.369 e. The van der Waals surface area contributed by atoms with E-state index in [0.717, 1.165) is 0 Å². The molecule has 0 aliphatic rings. The minimum absolute atomic E-state index is 0.254. The van der Waals surface area contributed by atoms with Crippen LogP contribution < -0.4 is 11.2 Å². The van der Waals surface area contributed by atoms with Gasteiger partial charge in [-0.15, -0.1) is 0 Å². The van der Waals surface area contributed by atoms with Gasteiger partial charge in [0.2, 0.25) is 5.96 Å². The van der Waals surface area contributed by atoms with E-state index in [-0.39, 0.29) is 11.8 Å². The highest BCUT2D eigenvalue weighted by atomic mass is 19.1. The van der Waals surface area contributed by atoms with Crippen molar-refractivity contribution >= 4 is 12.2 Å². The summed E-state index contributed by atoms with van der Waals surface area (Å²) in [5, 5.41) is 10.5. The van der Waals surface area contributed by atoms with Crippen LogP contribution in [0.2, 0.25) is 0 Å². The third-order valence-corrected chi connectivity index (χ3v) is 1.70. The molecule has 14 heavy (non-hydrogen) atoms. The molecule has 1 rings (SSSR count). The van der Waals surface area contributed by atoms with Crippen molar-refractivity contribution in [2.75, 3.05) is 0 Å². The van der Waals surface area contributed by atoms with Crippen molar-refractivity contribution in [2.24, 2.45) is 10.8 Å². The van der Waals surface area contributed by atoms with E-state index in [4.69, 9.17) is 11.1 Å². The zero-order valence-corrected chi connectivity index (χ0v) is 7.71. The van der Waals surface area contributed by atoms with Gasteiger partial charge >= 0.3 is 0 Å². The van der Waals surface area contributed by atoms with Crippen LogP contribution >= 0.6 is 0 Å². The maximum absolute atomic E-state index is 13.0. The number of guanidine groups is 1. The highest BCUT2D eigenvalue weighted by Gasteiger charge is 1.99. The van der Waals surface area contributed by atoms with Crippen LogP contribution in [0.3, 0.4) is 0 Å². The van der Waals surface area contributed by atoms with Crippen LogP contribution in [-0.2, 0) is 0 Å². The molecular weight excluding hydrogens is 183 g/mol. The quantitative estimate of drug-likeness (QED) is 0.372. The first-order chi connectivity index (χ1) is 6.61. The van der Waals surface area contributed by atoms with E-state index >= 15 is 0 Å². The molecule has 0 spiro atoms. The van der Waals surface area contributed by atoms with Gasteiger partial charge in [0.1, 0.15) is 5.82 Å². The Hall–Kier alpha value is -1.91. The average Bonchev–Trinajstić information content (AvgIpc) is 2.12. The summed E-state index contributed by atoms with van der Waals surface area (Å²) >= 11 is 0. The first-order valence-electron chi connectivity index (χ1n) is 3.99. The highest BCUT2D eigenvalue weighted by Crippen LogP contribution is 2.09. The van der Waals surface area contributed by atoms with Crippen LogP contribution in [0.4, 0.5) is 4.39 Å². The lowest BCUT2D eigenvalue weighted by molar-refractivity contribution is 0.618. The van der Waals surface area contributed by atoms with Gasteiger partial charge in [-0.05, 0) is 18.6 Å². The van der Waals surface area contributed by atoms with Crippen molar-refractivity contribution in [2.45, 2.75) is 6.92 Å². The van der Waals surface area contributed by atoms with E-state index in [9.17, 15) is 4.39 Å². The second-order valence-corrected chi connectivity index (χ2v) is 2.74. The molecule has 0 unspecified atom stereocenters. The fraction of sp³-hybridized carbons (Fsp3) is 0.111. The molecule has 0 bridgehead atoms. The molecule has 0 heterocycles. The monoisotopic (exact) mass is 194 g/mol. The average molecular weight is 194 g/mol. The largest absolute Gasteiger partial charge is 0.369 e. The van der Waals surface area contributed by atoms with Crippen LogP contribution in [0.5, 0.6) is 0 Å². The fourth-order valence-corrected chi connectivity index (χ4v) is 0.935. The SMILES string of the molecule is Cc1c(F)cccc1/C=N/NC(=N)N. The number of nitrogens with zero attached hydrogens (tertiary/aromatic N) is 1. The summed E-state index contributed by atoms with van der Waals surface area (Å²) in [6.07, 6.45) is 1.42. The molecule has 0 aromatic heterocycles. The summed E-state index contributed by atoms with van der Waals surface area (Å²) in [5.41, 5.74) is 8.42. The fourth-order valence-electron chi connectivity index (χ4n) is 0.935. The molecule has 1 aromatic carbocycles. The second-order valence-electron chi connectivity index (χ2n) is 2.74. The molecular formula is C9H11FN4. The topological polar surface area (TPSA) is 74.3 Å². The Morgan fingerprint density at radius 3 is 3.00 bits per heavy atom. The van der Waals surface area contributed by atoms with E-state index < -0.39 is 0 Å². The van der Waals surface area contributed by atoms with E-state index in [0.29, 0.717) is 11.1 Å². The number of nitrogens with two attached hydrogens (primary N) is 1. The van der Waals surface area contributed by atoms with Gasteiger partial charge in [-0.25, -0.2) is 9.82 Å². The number of hydrogen-bond donors (Lipinski definition) is 3. The first-order valence-corrected chi connectivity index (χ1v) is 3.99. The summed E-state index contributed by atoms with van der Waals surface area (Å²) in [7, 11) is 0. The zero-order valence-electron chi connectivity index (χ0n) is 7.71. The number of hydrogen-bond acceptors (Lipinski definition) is 2. The first kappa shape index (κ1) is 10.2. The molecule has 0 saturated heterocycles. The lowest BCUT2D eigenvalue weighted by Crippen LogP contribution is -2.25. The standard InChI is InChI=1S/C9H11FN4/c1-6-7(3-2-4-8(6)10)5-13-14-9(11)12/h2-5H,1H3,(H4,11,12,14)/b13-5+. The Balaban J connectivity index is 2.81. The Labute approximate surface area is 81.1 Å². The van der Waals surface area contributed by atoms with Gasteiger partial charge in [0.25, 0.3) is 0 Å². The number of rotatable bonds is 2. The Bertz CT molecular complexity index is 373.